The van der Waals surface area contributed by atoms with Crippen molar-refractivity contribution < 1.29 is 24.1 Å². The number of nitrogens with zero attached hydrogens (tertiary/aromatic N) is 1. The lowest BCUT2D eigenvalue weighted by atomic mass is 9.77. The second-order valence-corrected chi connectivity index (χ2v) is 6.01. The molecular weight excluding hydrogens is 309 g/mol. The molecule has 0 spiro atoms. The fourth-order valence-corrected chi connectivity index (χ4v) is 2.70. The summed E-state index contributed by atoms with van der Waals surface area (Å²) >= 11 is 0. The standard InChI is InChI=1S/C17H18BNO5/c1-11-2-6-15(24-11)9-19(14-4-5-14)17(21)12-3-7-16(18(22)23)13(8-12)10-20/h2-3,6-8,10,14,22-23H,4-5,9H2,1H3. The van der Waals surface area contributed by atoms with Gasteiger partial charge in [0.2, 0.25) is 0 Å². The highest BCUT2D eigenvalue weighted by molar-refractivity contribution is 6.60. The molecule has 0 unspecified atom stereocenters. The number of amides is 1. The van der Waals surface area contributed by atoms with Crippen molar-refractivity contribution in [3.05, 3.63) is 53.0 Å². The highest BCUT2D eigenvalue weighted by Crippen LogP contribution is 2.30. The maximum absolute atomic E-state index is 12.8. The van der Waals surface area contributed by atoms with Crippen LogP contribution in [-0.2, 0) is 6.54 Å². The van der Waals surface area contributed by atoms with Crippen LogP contribution in [-0.4, -0.2) is 40.3 Å². The van der Waals surface area contributed by atoms with Gasteiger partial charge in [-0.3, -0.25) is 9.59 Å². The number of aldehydes is 1. The molecule has 1 aromatic heterocycles. The van der Waals surface area contributed by atoms with Crippen LogP contribution in [0.3, 0.4) is 0 Å². The topological polar surface area (TPSA) is 91.0 Å². The average molecular weight is 327 g/mol. The van der Waals surface area contributed by atoms with Crippen LogP contribution in [0.1, 0.15) is 45.1 Å². The van der Waals surface area contributed by atoms with Gasteiger partial charge in [0.05, 0.1) is 6.54 Å². The summed E-state index contributed by atoms with van der Waals surface area (Å²) in [5.74, 6) is 1.30. The summed E-state index contributed by atoms with van der Waals surface area (Å²) in [6.07, 6.45) is 2.40. The van der Waals surface area contributed by atoms with Gasteiger partial charge < -0.3 is 19.4 Å². The van der Waals surface area contributed by atoms with E-state index >= 15 is 0 Å². The predicted molar refractivity (Wildman–Crippen MR) is 88.0 cm³/mol. The number of carbonyl (C=O) groups is 2. The second kappa shape index (κ2) is 6.63. The zero-order valence-electron chi connectivity index (χ0n) is 13.3. The quantitative estimate of drug-likeness (QED) is 0.607. The second-order valence-electron chi connectivity index (χ2n) is 6.01. The number of furan rings is 1. The Balaban J connectivity index is 1.86. The van der Waals surface area contributed by atoms with Crippen LogP contribution >= 0.6 is 0 Å². The monoisotopic (exact) mass is 327 g/mol. The van der Waals surface area contributed by atoms with E-state index < -0.39 is 7.12 Å². The molecule has 1 heterocycles. The SMILES string of the molecule is Cc1ccc(CN(C(=O)c2ccc(B(O)O)c(C=O)c2)C2CC2)o1. The van der Waals surface area contributed by atoms with E-state index in [2.05, 4.69) is 0 Å². The first-order chi connectivity index (χ1) is 11.5. The Morgan fingerprint density at radius 2 is 2.08 bits per heavy atom. The third kappa shape index (κ3) is 3.42. The smallest absolute Gasteiger partial charge is 0.464 e. The molecule has 0 aliphatic heterocycles. The number of carbonyl (C=O) groups excluding carboxylic acids is 2. The molecule has 124 valence electrons. The Morgan fingerprint density at radius 1 is 1.33 bits per heavy atom. The van der Waals surface area contributed by atoms with Crippen molar-refractivity contribution in [1.29, 1.82) is 0 Å². The van der Waals surface area contributed by atoms with E-state index in [4.69, 9.17) is 4.42 Å². The van der Waals surface area contributed by atoms with Crippen molar-refractivity contribution in [2.24, 2.45) is 0 Å². The van der Waals surface area contributed by atoms with Crippen molar-refractivity contribution >= 4 is 24.8 Å². The van der Waals surface area contributed by atoms with Gasteiger partial charge in [-0.25, -0.2) is 0 Å². The van der Waals surface area contributed by atoms with E-state index in [9.17, 15) is 19.6 Å². The number of rotatable bonds is 6. The first kappa shape index (κ1) is 16.5. The molecule has 0 radical (unpaired) electrons. The molecule has 2 N–H and O–H groups in total. The van der Waals surface area contributed by atoms with E-state index in [1.807, 2.05) is 19.1 Å². The van der Waals surface area contributed by atoms with Gasteiger partial charge in [0.25, 0.3) is 5.91 Å². The van der Waals surface area contributed by atoms with E-state index in [-0.39, 0.29) is 23.0 Å². The van der Waals surface area contributed by atoms with Crippen molar-refractivity contribution in [2.75, 3.05) is 0 Å². The molecule has 1 saturated carbocycles. The molecular formula is C17H18BNO5. The van der Waals surface area contributed by atoms with Crippen LogP contribution in [0, 0.1) is 6.92 Å². The molecule has 1 aliphatic carbocycles. The predicted octanol–water partition coefficient (Wildman–Crippen LogP) is 0.885. The molecule has 24 heavy (non-hydrogen) atoms. The Hall–Kier alpha value is -2.38. The average Bonchev–Trinajstić information content (AvgIpc) is 3.33. The first-order valence-electron chi connectivity index (χ1n) is 7.81. The minimum Gasteiger partial charge on any atom is -0.464 e. The van der Waals surface area contributed by atoms with Gasteiger partial charge in [-0.2, -0.15) is 0 Å². The Bertz CT molecular complexity index is 766. The molecule has 0 saturated heterocycles. The summed E-state index contributed by atoms with van der Waals surface area (Å²) in [6.45, 7) is 2.22. The Morgan fingerprint density at radius 3 is 2.62 bits per heavy atom. The Labute approximate surface area is 139 Å². The lowest BCUT2D eigenvalue weighted by molar-refractivity contribution is 0.0717. The zero-order chi connectivity index (χ0) is 17.3. The maximum Gasteiger partial charge on any atom is 0.489 e. The van der Waals surface area contributed by atoms with E-state index in [0.29, 0.717) is 24.2 Å². The molecule has 1 fully saturated rings. The minimum absolute atomic E-state index is 0.0844. The van der Waals surface area contributed by atoms with Gasteiger partial charge >= 0.3 is 7.12 Å². The molecule has 2 aromatic rings. The Kier molecular flexibility index (Phi) is 4.55. The van der Waals surface area contributed by atoms with Crippen molar-refractivity contribution in [2.45, 2.75) is 32.4 Å². The molecule has 0 bridgehead atoms. The largest absolute Gasteiger partial charge is 0.489 e. The zero-order valence-corrected chi connectivity index (χ0v) is 13.3. The van der Waals surface area contributed by atoms with Crippen LogP contribution in [0.2, 0.25) is 0 Å². The van der Waals surface area contributed by atoms with Gasteiger partial charge in [0.15, 0.2) is 0 Å². The summed E-state index contributed by atoms with van der Waals surface area (Å²) in [5, 5.41) is 18.5. The molecule has 7 heteroatoms. The molecule has 0 atom stereocenters. The number of benzene rings is 1. The minimum atomic E-state index is -1.75. The third-order valence-corrected chi connectivity index (χ3v) is 4.11. The molecule has 6 nitrogen and oxygen atoms in total. The van der Waals surface area contributed by atoms with Crippen molar-refractivity contribution in [1.82, 2.24) is 4.90 Å². The first-order valence-corrected chi connectivity index (χ1v) is 7.81. The normalized spacial score (nSPS) is 13.6. The summed E-state index contributed by atoms with van der Waals surface area (Å²) < 4.78 is 5.56. The summed E-state index contributed by atoms with van der Waals surface area (Å²) in [5.41, 5.74) is 0.526. The highest BCUT2D eigenvalue weighted by atomic mass is 16.4. The van der Waals surface area contributed by atoms with Crippen molar-refractivity contribution in [3.63, 3.8) is 0 Å². The van der Waals surface area contributed by atoms with Gasteiger partial charge in [0.1, 0.15) is 17.8 Å². The van der Waals surface area contributed by atoms with Crippen LogP contribution in [0.5, 0.6) is 0 Å². The van der Waals surface area contributed by atoms with E-state index in [1.165, 1.54) is 18.2 Å². The van der Waals surface area contributed by atoms with Crippen LogP contribution < -0.4 is 5.46 Å². The van der Waals surface area contributed by atoms with Gasteiger partial charge in [-0.05, 0) is 49.5 Å². The van der Waals surface area contributed by atoms with Crippen LogP contribution in [0.15, 0.2) is 34.7 Å². The van der Waals surface area contributed by atoms with E-state index in [1.54, 1.807) is 4.90 Å². The fraction of sp³-hybridized carbons (Fsp3) is 0.294. The molecule has 1 aliphatic rings. The molecule has 3 rings (SSSR count). The lowest BCUT2D eigenvalue weighted by Gasteiger charge is -2.22. The van der Waals surface area contributed by atoms with Crippen molar-refractivity contribution in [3.8, 4) is 0 Å². The summed E-state index contributed by atoms with van der Waals surface area (Å²) in [6, 6.07) is 8.17. The van der Waals surface area contributed by atoms with Gasteiger partial charge in [-0.15, -0.1) is 0 Å². The van der Waals surface area contributed by atoms with Gasteiger partial charge in [-0.1, -0.05) is 6.07 Å². The van der Waals surface area contributed by atoms with E-state index in [0.717, 1.165) is 18.6 Å². The van der Waals surface area contributed by atoms with Crippen LogP contribution in [0.4, 0.5) is 0 Å². The van der Waals surface area contributed by atoms with Crippen LogP contribution in [0.25, 0.3) is 0 Å². The summed E-state index contributed by atoms with van der Waals surface area (Å²) in [4.78, 5) is 25.7. The lowest BCUT2D eigenvalue weighted by Crippen LogP contribution is -2.35. The third-order valence-electron chi connectivity index (χ3n) is 4.11. The van der Waals surface area contributed by atoms with Gasteiger partial charge in [0, 0.05) is 17.2 Å². The molecule has 1 amide bonds. The maximum atomic E-state index is 12.8. The fourth-order valence-electron chi connectivity index (χ4n) is 2.70. The summed E-state index contributed by atoms with van der Waals surface area (Å²) in [7, 11) is -1.75. The number of aryl methyl sites for hydroxylation is 1. The molecule has 1 aromatic carbocycles. The highest BCUT2D eigenvalue weighted by Gasteiger charge is 2.34. The number of hydrogen-bond donors (Lipinski definition) is 2. The number of hydrogen-bond acceptors (Lipinski definition) is 5.